The van der Waals surface area contributed by atoms with Crippen molar-refractivity contribution in [1.29, 1.82) is 0 Å². The van der Waals surface area contributed by atoms with E-state index in [-0.39, 0.29) is 11.9 Å². The number of para-hydroxylation sites is 1. The zero-order valence-corrected chi connectivity index (χ0v) is 17.7. The van der Waals surface area contributed by atoms with Gasteiger partial charge in [0.05, 0.1) is 11.5 Å². The van der Waals surface area contributed by atoms with Crippen LogP contribution in [0, 0.1) is 0 Å². The molecule has 0 aliphatic heterocycles. The van der Waals surface area contributed by atoms with Crippen molar-refractivity contribution in [3.63, 3.8) is 0 Å². The first-order valence-corrected chi connectivity index (χ1v) is 11.2. The van der Waals surface area contributed by atoms with Crippen molar-refractivity contribution in [2.24, 2.45) is 0 Å². The highest BCUT2D eigenvalue weighted by molar-refractivity contribution is 7.99. The van der Waals surface area contributed by atoms with Gasteiger partial charge in [-0.15, -0.1) is 22.0 Å². The summed E-state index contributed by atoms with van der Waals surface area (Å²) in [6, 6.07) is 20.5. The van der Waals surface area contributed by atoms with Crippen LogP contribution in [0.2, 0.25) is 0 Å². The number of rotatable bonds is 9. The number of aromatic nitrogens is 3. The molecule has 2 aromatic carbocycles. The van der Waals surface area contributed by atoms with Crippen LogP contribution in [0.15, 0.2) is 70.7 Å². The number of hydrogen-bond donors (Lipinski definition) is 1. The van der Waals surface area contributed by atoms with Gasteiger partial charge in [0, 0.05) is 16.6 Å². The summed E-state index contributed by atoms with van der Waals surface area (Å²) in [6.07, 6.45) is 0.914. The van der Waals surface area contributed by atoms with Crippen molar-refractivity contribution in [2.45, 2.75) is 42.1 Å². The summed E-state index contributed by atoms with van der Waals surface area (Å²) < 4.78 is 2.04. The summed E-state index contributed by atoms with van der Waals surface area (Å²) in [4.78, 5) is 13.3. The molecular weight excluding hydrogens is 388 g/mol. The molecule has 1 heterocycles. The summed E-state index contributed by atoms with van der Waals surface area (Å²) in [6.45, 7) is 4.06. The van der Waals surface area contributed by atoms with E-state index < -0.39 is 0 Å². The second-order valence-corrected chi connectivity index (χ2v) is 8.33. The Morgan fingerprint density at radius 2 is 1.71 bits per heavy atom. The van der Waals surface area contributed by atoms with E-state index in [9.17, 15) is 4.79 Å². The molecule has 146 valence electrons. The van der Waals surface area contributed by atoms with E-state index in [0.717, 1.165) is 23.1 Å². The molecule has 1 N–H and O–H groups in total. The van der Waals surface area contributed by atoms with E-state index >= 15 is 0 Å². The number of nitrogens with zero attached hydrogens (tertiary/aromatic N) is 3. The molecule has 0 aliphatic rings. The van der Waals surface area contributed by atoms with Crippen LogP contribution in [0.5, 0.6) is 0 Å². The number of nitrogens with one attached hydrogen (secondary N) is 1. The SMILES string of the molecule is CCC(C)NC(=O)CSc1nnc(CSc2ccccc2)n1-c1ccccc1. The number of hydrogen-bond acceptors (Lipinski definition) is 5. The zero-order valence-electron chi connectivity index (χ0n) is 16.0. The Labute approximate surface area is 174 Å². The van der Waals surface area contributed by atoms with Crippen LogP contribution in [0.1, 0.15) is 26.1 Å². The molecule has 5 nitrogen and oxygen atoms in total. The molecule has 3 aromatic rings. The highest BCUT2D eigenvalue weighted by atomic mass is 32.2. The molecule has 0 fully saturated rings. The van der Waals surface area contributed by atoms with Gasteiger partial charge in [-0.1, -0.05) is 55.1 Å². The van der Waals surface area contributed by atoms with Gasteiger partial charge in [-0.05, 0) is 37.6 Å². The van der Waals surface area contributed by atoms with Crippen molar-refractivity contribution in [3.8, 4) is 5.69 Å². The monoisotopic (exact) mass is 412 g/mol. The molecule has 0 bridgehead atoms. The Balaban J connectivity index is 1.76. The second-order valence-electron chi connectivity index (χ2n) is 6.34. The van der Waals surface area contributed by atoms with Gasteiger partial charge in [0.25, 0.3) is 0 Å². The lowest BCUT2D eigenvalue weighted by molar-refractivity contribution is -0.119. The molecule has 0 radical (unpaired) electrons. The van der Waals surface area contributed by atoms with Crippen molar-refractivity contribution in [3.05, 3.63) is 66.5 Å². The average molecular weight is 413 g/mol. The van der Waals surface area contributed by atoms with Crippen molar-refractivity contribution >= 4 is 29.4 Å². The predicted octanol–water partition coefficient (Wildman–Crippen LogP) is 4.57. The lowest BCUT2D eigenvalue weighted by Crippen LogP contribution is -2.33. The fourth-order valence-electron chi connectivity index (χ4n) is 2.54. The molecule has 1 atom stereocenters. The summed E-state index contributed by atoms with van der Waals surface area (Å²) in [5, 5.41) is 12.5. The van der Waals surface area contributed by atoms with E-state index in [1.54, 1.807) is 11.8 Å². The molecule has 0 spiro atoms. The van der Waals surface area contributed by atoms with Gasteiger partial charge in [0.15, 0.2) is 5.16 Å². The first-order valence-electron chi connectivity index (χ1n) is 9.27. The van der Waals surface area contributed by atoms with Gasteiger partial charge in [-0.25, -0.2) is 0 Å². The first kappa shape index (κ1) is 20.5. The van der Waals surface area contributed by atoms with Gasteiger partial charge in [0.2, 0.25) is 5.91 Å². The maximum absolute atomic E-state index is 12.2. The van der Waals surface area contributed by atoms with Crippen molar-refractivity contribution in [1.82, 2.24) is 20.1 Å². The van der Waals surface area contributed by atoms with Crippen LogP contribution in [0.25, 0.3) is 5.69 Å². The van der Waals surface area contributed by atoms with Crippen LogP contribution >= 0.6 is 23.5 Å². The van der Waals surface area contributed by atoms with E-state index in [2.05, 4.69) is 34.6 Å². The fourth-order valence-corrected chi connectivity index (χ4v) is 4.15. The highest BCUT2D eigenvalue weighted by Crippen LogP contribution is 2.27. The lowest BCUT2D eigenvalue weighted by atomic mass is 10.3. The van der Waals surface area contributed by atoms with Gasteiger partial charge < -0.3 is 5.32 Å². The van der Waals surface area contributed by atoms with E-state index in [4.69, 9.17) is 0 Å². The molecule has 28 heavy (non-hydrogen) atoms. The van der Waals surface area contributed by atoms with Gasteiger partial charge in [-0.2, -0.15) is 0 Å². The third-order valence-corrected chi connectivity index (χ3v) is 6.12. The minimum Gasteiger partial charge on any atom is -0.353 e. The lowest BCUT2D eigenvalue weighted by Gasteiger charge is -2.12. The first-order chi connectivity index (χ1) is 13.7. The normalized spacial score (nSPS) is 11.9. The minimum atomic E-state index is 0.0159. The Kier molecular flexibility index (Phi) is 7.56. The molecule has 0 saturated carbocycles. The zero-order chi connectivity index (χ0) is 19.8. The Bertz CT molecular complexity index is 884. The molecule has 7 heteroatoms. The number of benzene rings is 2. The van der Waals surface area contributed by atoms with Gasteiger partial charge in [-0.3, -0.25) is 9.36 Å². The summed E-state index contributed by atoms with van der Waals surface area (Å²) in [5.41, 5.74) is 1.00. The smallest absolute Gasteiger partial charge is 0.230 e. The number of amides is 1. The Morgan fingerprint density at radius 3 is 2.39 bits per heavy atom. The molecule has 0 aliphatic carbocycles. The summed E-state index contributed by atoms with van der Waals surface area (Å²) in [5.74, 6) is 1.90. The maximum atomic E-state index is 12.2. The third-order valence-electron chi connectivity index (χ3n) is 4.18. The number of carbonyl (C=O) groups excluding carboxylic acids is 1. The Hall–Kier alpha value is -2.25. The van der Waals surface area contributed by atoms with E-state index in [0.29, 0.717) is 11.5 Å². The largest absolute Gasteiger partial charge is 0.353 e. The maximum Gasteiger partial charge on any atom is 0.230 e. The quantitative estimate of drug-likeness (QED) is 0.522. The highest BCUT2D eigenvalue weighted by Gasteiger charge is 2.16. The van der Waals surface area contributed by atoms with Crippen LogP contribution in [0.3, 0.4) is 0 Å². The standard InChI is InChI=1S/C21H24N4OS2/c1-3-16(2)22-20(26)15-28-21-24-23-19(14-27-18-12-8-5-9-13-18)25(21)17-10-6-4-7-11-17/h4-13,16H,3,14-15H2,1-2H3,(H,22,26). The topological polar surface area (TPSA) is 59.8 Å². The number of carbonyl (C=O) groups is 1. The van der Waals surface area contributed by atoms with E-state index in [1.807, 2.05) is 60.0 Å². The minimum absolute atomic E-state index is 0.0159. The molecule has 3 rings (SSSR count). The number of thioether (sulfide) groups is 2. The van der Waals surface area contributed by atoms with Crippen molar-refractivity contribution < 1.29 is 4.79 Å². The molecular formula is C21H24N4OS2. The second kappa shape index (κ2) is 10.3. The third kappa shape index (κ3) is 5.62. The summed E-state index contributed by atoms with van der Waals surface area (Å²) >= 11 is 3.13. The fraction of sp³-hybridized carbons (Fsp3) is 0.286. The summed E-state index contributed by atoms with van der Waals surface area (Å²) in [7, 11) is 0. The predicted molar refractivity (Wildman–Crippen MR) is 116 cm³/mol. The molecule has 1 amide bonds. The molecule has 1 unspecified atom stereocenters. The van der Waals surface area contributed by atoms with Gasteiger partial charge >= 0.3 is 0 Å². The van der Waals surface area contributed by atoms with Crippen LogP contribution < -0.4 is 5.32 Å². The molecule has 0 saturated heterocycles. The van der Waals surface area contributed by atoms with E-state index in [1.165, 1.54) is 16.7 Å². The van der Waals surface area contributed by atoms with Crippen LogP contribution in [-0.2, 0) is 10.5 Å². The van der Waals surface area contributed by atoms with Crippen LogP contribution in [-0.4, -0.2) is 32.5 Å². The van der Waals surface area contributed by atoms with Crippen molar-refractivity contribution in [2.75, 3.05) is 5.75 Å². The van der Waals surface area contributed by atoms with Gasteiger partial charge in [0.1, 0.15) is 5.82 Å². The van der Waals surface area contributed by atoms with Crippen LogP contribution in [0.4, 0.5) is 0 Å². The Morgan fingerprint density at radius 1 is 1.04 bits per heavy atom. The average Bonchev–Trinajstić information content (AvgIpc) is 3.15. The molecule has 1 aromatic heterocycles.